The first-order valence-electron chi connectivity index (χ1n) is 6.19. The van der Waals surface area contributed by atoms with Crippen molar-refractivity contribution in [2.75, 3.05) is 0 Å². The van der Waals surface area contributed by atoms with E-state index in [1.165, 1.54) is 11.1 Å². The molecule has 1 unspecified atom stereocenters. The number of allylic oxidation sites excluding steroid dienone is 3. The molecule has 0 nitrogen and oxygen atoms in total. The summed E-state index contributed by atoms with van der Waals surface area (Å²) in [5, 5.41) is 0. The molecular formula is C18H14. The molecule has 0 bridgehead atoms. The molecule has 86 valence electrons. The monoisotopic (exact) mass is 230 g/mol. The van der Waals surface area contributed by atoms with E-state index < -0.39 is 0 Å². The highest BCUT2D eigenvalue weighted by atomic mass is 14.1. The van der Waals surface area contributed by atoms with Crippen molar-refractivity contribution in [1.82, 2.24) is 0 Å². The van der Waals surface area contributed by atoms with Crippen molar-refractivity contribution in [2.45, 2.75) is 5.92 Å². The zero-order chi connectivity index (χ0) is 12.2. The molecule has 2 aromatic rings. The topological polar surface area (TPSA) is 0 Å². The zero-order valence-corrected chi connectivity index (χ0v) is 10.1. The van der Waals surface area contributed by atoms with E-state index in [9.17, 15) is 0 Å². The molecule has 2 aromatic carbocycles. The van der Waals surface area contributed by atoms with Crippen molar-refractivity contribution in [3.05, 3.63) is 95.7 Å². The lowest BCUT2D eigenvalue weighted by molar-refractivity contribution is 1.08. The number of hydrogen-bond donors (Lipinski definition) is 0. The van der Waals surface area contributed by atoms with Crippen molar-refractivity contribution >= 4 is 5.57 Å². The summed E-state index contributed by atoms with van der Waals surface area (Å²) < 4.78 is 0. The molecule has 0 radical (unpaired) electrons. The summed E-state index contributed by atoms with van der Waals surface area (Å²) in [5.74, 6) is 0.346. The van der Waals surface area contributed by atoms with Gasteiger partial charge in [0.05, 0.1) is 0 Å². The smallest absolute Gasteiger partial charge is 0.0277 e. The molecule has 0 spiro atoms. The summed E-state index contributed by atoms with van der Waals surface area (Å²) in [6.07, 6.45) is 6.53. The van der Waals surface area contributed by atoms with Crippen molar-refractivity contribution < 1.29 is 0 Å². The zero-order valence-electron chi connectivity index (χ0n) is 10.1. The molecule has 0 heteroatoms. The minimum Gasteiger partial charge on any atom is -0.116 e. The average Bonchev–Trinajstić information content (AvgIpc) is 2.49. The first-order valence-corrected chi connectivity index (χ1v) is 6.19. The largest absolute Gasteiger partial charge is 0.116 e. The summed E-state index contributed by atoms with van der Waals surface area (Å²) in [5.41, 5.74) is 7.08. The third-order valence-corrected chi connectivity index (χ3v) is 3.16. The van der Waals surface area contributed by atoms with Crippen LogP contribution < -0.4 is 0 Å². The molecule has 1 aliphatic carbocycles. The van der Waals surface area contributed by atoms with Gasteiger partial charge in [0.25, 0.3) is 0 Å². The Kier molecular flexibility index (Phi) is 2.96. The van der Waals surface area contributed by atoms with Crippen LogP contribution in [-0.2, 0) is 0 Å². The second-order valence-corrected chi connectivity index (χ2v) is 4.39. The lowest BCUT2D eigenvalue weighted by Gasteiger charge is -2.11. The van der Waals surface area contributed by atoms with Gasteiger partial charge in [-0.05, 0) is 23.3 Å². The summed E-state index contributed by atoms with van der Waals surface area (Å²) in [7, 11) is 0. The van der Waals surface area contributed by atoms with Gasteiger partial charge in [-0.2, -0.15) is 0 Å². The second kappa shape index (κ2) is 4.91. The maximum absolute atomic E-state index is 3.39. The van der Waals surface area contributed by atoms with Crippen LogP contribution in [0.25, 0.3) is 5.57 Å². The second-order valence-electron chi connectivity index (χ2n) is 4.39. The molecule has 0 aromatic heterocycles. The fraction of sp³-hybridized carbons (Fsp3) is 0.0556. The van der Waals surface area contributed by atoms with Crippen molar-refractivity contribution in [1.29, 1.82) is 0 Å². The van der Waals surface area contributed by atoms with Gasteiger partial charge in [0, 0.05) is 11.5 Å². The third-order valence-electron chi connectivity index (χ3n) is 3.16. The lowest BCUT2D eigenvalue weighted by atomic mass is 9.93. The fourth-order valence-corrected chi connectivity index (χ4v) is 2.16. The van der Waals surface area contributed by atoms with Crippen LogP contribution >= 0.6 is 0 Å². The molecule has 18 heavy (non-hydrogen) atoms. The summed E-state index contributed by atoms with van der Waals surface area (Å²) in [6.45, 7) is 0. The van der Waals surface area contributed by atoms with Crippen LogP contribution in [0.5, 0.6) is 0 Å². The van der Waals surface area contributed by atoms with Gasteiger partial charge < -0.3 is 0 Å². The molecule has 1 atom stereocenters. The molecule has 0 fully saturated rings. The van der Waals surface area contributed by atoms with E-state index in [0.717, 1.165) is 5.57 Å². The fourth-order valence-electron chi connectivity index (χ4n) is 2.16. The Labute approximate surface area is 108 Å². The SMILES string of the molecule is C1=CC(c2ccccc2)C=CC=1c1ccccc1. The van der Waals surface area contributed by atoms with Gasteiger partial charge >= 0.3 is 0 Å². The van der Waals surface area contributed by atoms with Gasteiger partial charge in [-0.3, -0.25) is 0 Å². The van der Waals surface area contributed by atoms with Crippen LogP contribution in [0.3, 0.4) is 0 Å². The molecule has 0 saturated carbocycles. The lowest BCUT2D eigenvalue weighted by Crippen LogP contribution is -1.93. The van der Waals surface area contributed by atoms with Gasteiger partial charge in [0.2, 0.25) is 0 Å². The van der Waals surface area contributed by atoms with Gasteiger partial charge in [0.1, 0.15) is 0 Å². The predicted octanol–water partition coefficient (Wildman–Crippen LogP) is 4.58. The minimum atomic E-state index is 0.346. The van der Waals surface area contributed by atoms with Crippen LogP contribution in [-0.4, -0.2) is 0 Å². The van der Waals surface area contributed by atoms with E-state index in [1.54, 1.807) is 0 Å². The van der Waals surface area contributed by atoms with E-state index in [2.05, 4.69) is 72.5 Å². The van der Waals surface area contributed by atoms with Gasteiger partial charge in [-0.15, -0.1) is 5.73 Å². The average molecular weight is 230 g/mol. The van der Waals surface area contributed by atoms with E-state index in [4.69, 9.17) is 0 Å². The van der Waals surface area contributed by atoms with E-state index in [1.807, 2.05) is 12.1 Å². The highest BCUT2D eigenvalue weighted by molar-refractivity contribution is 5.74. The standard InChI is InChI=1S/C18H14/c1-3-7-15(8-4-1)17-11-13-18(14-12-17)16-9-5-2-6-10-16/h1-13,17H. The van der Waals surface area contributed by atoms with Crippen LogP contribution in [0.2, 0.25) is 0 Å². The Morgan fingerprint density at radius 3 is 2.06 bits per heavy atom. The molecule has 0 N–H and O–H groups in total. The van der Waals surface area contributed by atoms with Gasteiger partial charge in [-0.25, -0.2) is 0 Å². The first-order chi connectivity index (χ1) is 8.93. The quantitative estimate of drug-likeness (QED) is 0.662. The molecule has 0 aliphatic heterocycles. The Morgan fingerprint density at radius 2 is 1.44 bits per heavy atom. The van der Waals surface area contributed by atoms with Gasteiger partial charge in [-0.1, -0.05) is 66.7 Å². The highest BCUT2D eigenvalue weighted by Gasteiger charge is 2.07. The summed E-state index contributed by atoms with van der Waals surface area (Å²) in [4.78, 5) is 0. The number of hydrogen-bond acceptors (Lipinski definition) is 0. The third kappa shape index (κ3) is 2.20. The summed E-state index contributed by atoms with van der Waals surface area (Å²) in [6, 6.07) is 20.9. The van der Waals surface area contributed by atoms with E-state index >= 15 is 0 Å². The predicted molar refractivity (Wildman–Crippen MR) is 76.3 cm³/mol. The molecular weight excluding hydrogens is 216 g/mol. The Morgan fingerprint density at radius 1 is 0.778 bits per heavy atom. The van der Waals surface area contributed by atoms with Crippen LogP contribution in [0.15, 0.2) is 84.6 Å². The van der Waals surface area contributed by atoms with Gasteiger partial charge in [0.15, 0.2) is 0 Å². The van der Waals surface area contributed by atoms with Crippen molar-refractivity contribution in [2.24, 2.45) is 0 Å². The van der Waals surface area contributed by atoms with Crippen LogP contribution in [0.4, 0.5) is 0 Å². The normalized spacial score (nSPS) is 17.6. The van der Waals surface area contributed by atoms with Crippen molar-refractivity contribution in [3.8, 4) is 0 Å². The molecule has 0 amide bonds. The summed E-state index contributed by atoms with van der Waals surface area (Å²) >= 11 is 0. The first kappa shape index (κ1) is 10.8. The minimum absolute atomic E-state index is 0.346. The molecule has 0 heterocycles. The highest BCUT2D eigenvalue weighted by Crippen LogP contribution is 2.25. The molecule has 1 aliphatic rings. The maximum Gasteiger partial charge on any atom is 0.0277 e. The molecule has 0 saturated heterocycles. The molecule has 3 rings (SSSR count). The Balaban J connectivity index is 1.92. The van der Waals surface area contributed by atoms with Crippen molar-refractivity contribution in [3.63, 3.8) is 0 Å². The van der Waals surface area contributed by atoms with Crippen LogP contribution in [0, 0.1) is 0 Å². The maximum atomic E-state index is 3.39. The van der Waals surface area contributed by atoms with E-state index in [-0.39, 0.29) is 0 Å². The van der Waals surface area contributed by atoms with Crippen LogP contribution in [0.1, 0.15) is 17.0 Å². The Bertz CT molecular complexity index is 612. The Hall–Kier alpha value is -2.30. The number of benzene rings is 2. The number of rotatable bonds is 2. The van der Waals surface area contributed by atoms with E-state index in [0.29, 0.717) is 5.92 Å².